The third kappa shape index (κ3) is 6.03. The van der Waals surface area contributed by atoms with Crippen molar-refractivity contribution in [2.24, 2.45) is 10.4 Å². The summed E-state index contributed by atoms with van der Waals surface area (Å²) in [5.41, 5.74) is -2.10. The smallest absolute Gasteiger partial charge is 0.398 e. The summed E-state index contributed by atoms with van der Waals surface area (Å²) in [6.45, 7) is 9.04. The van der Waals surface area contributed by atoms with Crippen LogP contribution in [0.1, 0.15) is 24.8 Å². The maximum atomic E-state index is 15.3. The average molecular weight is 639 g/mol. The fourth-order valence-corrected chi connectivity index (χ4v) is 6.34. The first-order valence-corrected chi connectivity index (χ1v) is 18.3. The molecule has 3 aliphatic rings. The zero-order chi connectivity index (χ0) is 31.3. The molecule has 4 heterocycles. The van der Waals surface area contributed by atoms with Crippen molar-refractivity contribution >= 4 is 30.8 Å². The van der Waals surface area contributed by atoms with Crippen LogP contribution in [0.2, 0.25) is 25.7 Å². The zero-order valence-electron chi connectivity index (χ0n) is 24.8. The Bertz CT molecular complexity index is 1550. The molecule has 8 nitrogen and oxygen atoms in total. The van der Waals surface area contributed by atoms with Crippen LogP contribution in [0.25, 0.3) is 11.0 Å². The summed E-state index contributed by atoms with van der Waals surface area (Å²) in [5.74, 6) is -2.99. The molecular formula is C30H35F5N4O4Si. The Kier molecular flexibility index (Phi) is 7.90. The van der Waals surface area contributed by atoms with Gasteiger partial charge in [0.25, 0.3) is 6.02 Å². The molecule has 1 aromatic carbocycles. The fraction of sp³-hybridized carbons (Fsp3) is 0.533. The van der Waals surface area contributed by atoms with Gasteiger partial charge >= 0.3 is 6.18 Å². The van der Waals surface area contributed by atoms with E-state index in [0.29, 0.717) is 33.0 Å². The molecular weight excluding hydrogens is 603 g/mol. The second-order valence-corrected chi connectivity index (χ2v) is 18.8. The van der Waals surface area contributed by atoms with Crippen molar-refractivity contribution < 1.29 is 40.9 Å². The molecule has 2 aromatic heterocycles. The van der Waals surface area contributed by atoms with Gasteiger partial charge in [-0.3, -0.25) is 0 Å². The van der Waals surface area contributed by atoms with Gasteiger partial charge in [-0.15, -0.1) is 0 Å². The molecule has 0 radical (unpaired) electrons. The van der Waals surface area contributed by atoms with Gasteiger partial charge in [0.2, 0.25) is 0 Å². The monoisotopic (exact) mass is 638 g/mol. The first kappa shape index (κ1) is 30.8. The lowest BCUT2D eigenvalue weighted by atomic mass is 9.88. The molecule has 2 fully saturated rings. The molecule has 238 valence electrons. The first-order valence-electron chi connectivity index (χ1n) is 14.6. The van der Waals surface area contributed by atoms with Gasteiger partial charge in [-0.1, -0.05) is 19.6 Å². The van der Waals surface area contributed by atoms with E-state index >= 15 is 8.78 Å². The quantitative estimate of drug-likeness (QED) is 0.152. The molecule has 0 bridgehead atoms. The molecule has 2 aliphatic heterocycles. The molecule has 1 saturated heterocycles. The lowest BCUT2D eigenvalue weighted by Gasteiger charge is -2.30. The number of pyridine rings is 1. The van der Waals surface area contributed by atoms with Crippen molar-refractivity contribution in [2.75, 3.05) is 38.3 Å². The van der Waals surface area contributed by atoms with Gasteiger partial charge in [-0.25, -0.2) is 18.8 Å². The van der Waals surface area contributed by atoms with Crippen LogP contribution in [0, 0.1) is 17.0 Å². The van der Waals surface area contributed by atoms with Crippen LogP contribution in [0.5, 0.6) is 11.5 Å². The van der Waals surface area contributed by atoms with Crippen molar-refractivity contribution in [2.45, 2.75) is 63.3 Å². The molecule has 6 rings (SSSR count). The Morgan fingerprint density at radius 3 is 2.43 bits per heavy atom. The molecule has 44 heavy (non-hydrogen) atoms. The predicted octanol–water partition coefficient (Wildman–Crippen LogP) is 7.22. The van der Waals surface area contributed by atoms with E-state index in [1.165, 1.54) is 23.0 Å². The number of benzene rings is 1. The second kappa shape index (κ2) is 11.3. The Morgan fingerprint density at radius 2 is 1.84 bits per heavy atom. The summed E-state index contributed by atoms with van der Waals surface area (Å²) >= 11 is 0. The van der Waals surface area contributed by atoms with Crippen molar-refractivity contribution in [1.82, 2.24) is 9.55 Å². The number of hydrogen-bond acceptors (Lipinski definition) is 7. The van der Waals surface area contributed by atoms with Crippen LogP contribution in [0.15, 0.2) is 35.6 Å². The average Bonchev–Trinajstić information content (AvgIpc) is 3.52. The first-order chi connectivity index (χ1) is 20.8. The molecule has 14 heteroatoms. The summed E-state index contributed by atoms with van der Waals surface area (Å²) in [6.07, 6.45) is -1.21. The largest absolute Gasteiger partial charge is 0.464 e. The van der Waals surface area contributed by atoms with E-state index in [9.17, 15) is 13.2 Å². The number of nitrogens with zero attached hydrogens (tertiary/aromatic N) is 3. The molecule has 3 aromatic rings. The summed E-state index contributed by atoms with van der Waals surface area (Å²) in [4.78, 5) is 8.68. The number of alkyl halides is 3. The van der Waals surface area contributed by atoms with Gasteiger partial charge in [-0.05, 0) is 36.9 Å². The van der Waals surface area contributed by atoms with Crippen molar-refractivity contribution in [3.05, 3.63) is 47.8 Å². The van der Waals surface area contributed by atoms with Crippen molar-refractivity contribution in [3.8, 4) is 11.5 Å². The van der Waals surface area contributed by atoms with Crippen molar-refractivity contribution in [1.29, 1.82) is 0 Å². The third-order valence-electron chi connectivity index (χ3n) is 8.47. The Morgan fingerprint density at radius 1 is 1.09 bits per heavy atom. The number of aliphatic imine (C=N–C) groups is 1. The minimum Gasteiger partial charge on any atom is -0.464 e. The molecule has 1 unspecified atom stereocenters. The van der Waals surface area contributed by atoms with E-state index in [0.717, 1.165) is 24.6 Å². The highest BCUT2D eigenvalue weighted by Gasteiger charge is 2.65. The number of ether oxygens (including phenoxy) is 4. The van der Waals surface area contributed by atoms with E-state index in [1.54, 1.807) is 0 Å². The van der Waals surface area contributed by atoms with Gasteiger partial charge in [0.15, 0.2) is 17.4 Å². The number of nitrogens with one attached hydrogen (secondary N) is 1. The summed E-state index contributed by atoms with van der Waals surface area (Å²) in [6, 6.07) is 4.36. The molecule has 1 spiro atoms. The number of anilines is 1. The van der Waals surface area contributed by atoms with Crippen LogP contribution in [0.4, 0.5) is 27.6 Å². The number of fused-ring (bicyclic) bond motifs is 1. The highest BCUT2D eigenvalue weighted by Crippen LogP contribution is 2.61. The topological polar surface area (TPSA) is 79.1 Å². The van der Waals surface area contributed by atoms with Crippen LogP contribution in [0.3, 0.4) is 0 Å². The fourth-order valence-electron chi connectivity index (χ4n) is 5.58. The molecule has 1 atom stereocenters. The maximum absolute atomic E-state index is 15.3. The standard InChI is InChI=1S/C30H35F5N4O4Si/c1-44(2,3)11-10-41-18-39-14-20(29(5-6-29)30(33,34)35)24-23(4-8-36-26(24)39)43-25-21(31)12-19(13-22(25)32)38-27-37-15-28(17-42-27)7-9-40-16-28/h4,8,12-14H,5-7,9-11,15-18H2,1-3H3,(H,37,38). The predicted molar refractivity (Wildman–Crippen MR) is 157 cm³/mol. The number of aromatic nitrogens is 2. The Balaban J connectivity index is 1.28. The molecule has 1 saturated carbocycles. The molecule has 1 aliphatic carbocycles. The lowest BCUT2D eigenvalue weighted by molar-refractivity contribution is -0.160. The summed E-state index contributed by atoms with van der Waals surface area (Å²) in [7, 11) is -1.39. The molecule has 0 amide bonds. The van der Waals surface area contributed by atoms with Gasteiger partial charge < -0.3 is 28.8 Å². The van der Waals surface area contributed by atoms with E-state index in [1.807, 2.05) is 0 Å². The Labute approximate surface area is 252 Å². The summed E-state index contributed by atoms with van der Waals surface area (Å²) < 4.78 is 97.7. The number of halogens is 5. The van der Waals surface area contributed by atoms with Crippen LogP contribution in [-0.2, 0) is 26.4 Å². The number of rotatable bonds is 9. The minimum atomic E-state index is -4.53. The highest BCUT2D eigenvalue weighted by atomic mass is 28.3. The molecule has 1 N–H and O–H groups in total. The van der Waals surface area contributed by atoms with Gasteiger partial charge in [0, 0.05) is 56.9 Å². The van der Waals surface area contributed by atoms with Crippen molar-refractivity contribution in [3.63, 3.8) is 0 Å². The SMILES string of the molecule is C[Si](C)(C)CCOCn1cc(C2(C(F)(F)F)CC2)c2c(Oc3c(F)cc(NC4=NCC5(CCOC5)CO4)cc3F)ccnc21. The summed E-state index contributed by atoms with van der Waals surface area (Å²) in [5, 5.41) is 2.83. The second-order valence-electron chi connectivity index (χ2n) is 13.2. The minimum absolute atomic E-state index is 0.0193. The van der Waals surface area contributed by atoms with Gasteiger partial charge in [0.1, 0.15) is 24.7 Å². The Hall–Kier alpha value is -3.23. The van der Waals surface area contributed by atoms with Gasteiger partial charge in [-0.2, -0.15) is 13.2 Å². The van der Waals surface area contributed by atoms with E-state index in [4.69, 9.17) is 18.9 Å². The zero-order valence-corrected chi connectivity index (χ0v) is 25.8. The van der Waals surface area contributed by atoms with E-state index < -0.39 is 37.0 Å². The van der Waals surface area contributed by atoms with Crippen LogP contribution in [-0.4, -0.2) is 62.8 Å². The van der Waals surface area contributed by atoms with Crippen LogP contribution >= 0.6 is 0 Å². The number of amidine groups is 1. The third-order valence-corrected chi connectivity index (χ3v) is 10.2. The maximum Gasteiger partial charge on any atom is 0.398 e. The van der Waals surface area contributed by atoms with Crippen LogP contribution < -0.4 is 10.1 Å². The normalized spacial score (nSPS) is 21.4. The number of hydrogen-bond donors (Lipinski definition) is 1. The van der Waals surface area contributed by atoms with E-state index in [2.05, 4.69) is 34.9 Å². The van der Waals surface area contributed by atoms with Gasteiger partial charge in [0.05, 0.1) is 24.0 Å². The lowest BCUT2D eigenvalue weighted by Crippen LogP contribution is -2.38. The van der Waals surface area contributed by atoms with E-state index in [-0.39, 0.29) is 59.0 Å². The highest BCUT2D eigenvalue weighted by molar-refractivity contribution is 6.76.